The summed E-state index contributed by atoms with van der Waals surface area (Å²) < 4.78 is 4.81. The number of nitro groups is 1. The van der Waals surface area contributed by atoms with Gasteiger partial charge < -0.3 is 15.0 Å². The molecule has 0 spiro atoms. The number of hydrogen-bond acceptors (Lipinski definition) is 7. The van der Waals surface area contributed by atoms with E-state index in [1.165, 1.54) is 29.8 Å². The van der Waals surface area contributed by atoms with Crippen LogP contribution >= 0.6 is 11.8 Å². The van der Waals surface area contributed by atoms with Gasteiger partial charge in [-0.3, -0.25) is 14.9 Å². The average molecular weight is 470 g/mol. The average Bonchev–Trinajstić information content (AvgIpc) is 2.82. The summed E-state index contributed by atoms with van der Waals surface area (Å²) in [6.45, 7) is 9.13. The summed E-state index contributed by atoms with van der Waals surface area (Å²) in [5, 5.41) is 14.9. The fourth-order valence-electron chi connectivity index (χ4n) is 3.69. The van der Waals surface area contributed by atoms with Crippen LogP contribution in [0.15, 0.2) is 58.8 Å². The SMILES string of the molecule is C=C(C(=O)N1CCNCC1C(=O)OC)c1ccc(Sc2ccccc2C(C)C)c([N+](=O)[O-])c1. The van der Waals surface area contributed by atoms with Crippen LogP contribution in [0, 0.1) is 10.1 Å². The second-order valence-electron chi connectivity index (χ2n) is 7.95. The van der Waals surface area contributed by atoms with Crippen LogP contribution < -0.4 is 5.32 Å². The Labute approximate surface area is 197 Å². The molecule has 174 valence electrons. The van der Waals surface area contributed by atoms with E-state index in [4.69, 9.17) is 4.74 Å². The Hall–Kier alpha value is -3.17. The Morgan fingerprint density at radius 3 is 2.64 bits per heavy atom. The van der Waals surface area contributed by atoms with Gasteiger partial charge in [0.15, 0.2) is 0 Å². The smallest absolute Gasteiger partial charge is 0.329 e. The molecule has 2 aromatic carbocycles. The lowest BCUT2D eigenvalue weighted by molar-refractivity contribution is -0.387. The second kappa shape index (κ2) is 10.6. The minimum absolute atomic E-state index is 0.0908. The summed E-state index contributed by atoms with van der Waals surface area (Å²) in [4.78, 5) is 39.4. The van der Waals surface area contributed by atoms with Crippen molar-refractivity contribution in [1.29, 1.82) is 0 Å². The van der Waals surface area contributed by atoms with Gasteiger partial charge in [0.1, 0.15) is 6.04 Å². The lowest BCUT2D eigenvalue weighted by atomic mass is 10.0. The van der Waals surface area contributed by atoms with Crippen LogP contribution in [0.3, 0.4) is 0 Å². The van der Waals surface area contributed by atoms with Gasteiger partial charge in [-0.15, -0.1) is 0 Å². The van der Waals surface area contributed by atoms with Gasteiger partial charge in [-0.25, -0.2) is 4.79 Å². The molecule has 0 aliphatic carbocycles. The van der Waals surface area contributed by atoms with E-state index >= 15 is 0 Å². The maximum atomic E-state index is 13.1. The predicted octanol–water partition coefficient (Wildman–Crippen LogP) is 3.86. The Kier molecular flexibility index (Phi) is 7.88. The molecular formula is C24H27N3O5S. The molecule has 1 N–H and O–H groups in total. The largest absolute Gasteiger partial charge is 0.467 e. The van der Waals surface area contributed by atoms with Crippen molar-refractivity contribution in [2.75, 3.05) is 26.7 Å². The van der Waals surface area contributed by atoms with Crippen LogP contribution in [-0.4, -0.2) is 54.5 Å². The molecule has 1 heterocycles. The van der Waals surface area contributed by atoms with Crippen molar-refractivity contribution in [3.05, 3.63) is 70.3 Å². The fourth-order valence-corrected chi connectivity index (χ4v) is 4.87. The fraction of sp³-hybridized carbons (Fsp3) is 0.333. The first-order valence-electron chi connectivity index (χ1n) is 10.6. The van der Waals surface area contributed by atoms with Crippen molar-refractivity contribution in [2.45, 2.75) is 35.6 Å². The van der Waals surface area contributed by atoms with Gasteiger partial charge in [-0.1, -0.05) is 56.5 Å². The Bertz CT molecular complexity index is 1090. The summed E-state index contributed by atoms with van der Waals surface area (Å²) >= 11 is 1.33. The summed E-state index contributed by atoms with van der Waals surface area (Å²) in [5.41, 5.74) is 1.44. The van der Waals surface area contributed by atoms with Crippen molar-refractivity contribution >= 4 is 34.9 Å². The number of rotatable bonds is 7. The first-order valence-corrected chi connectivity index (χ1v) is 11.4. The van der Waals surface area contributed by atoms with E-state index in [2.05, 4.69) is 25.7 Å². The van der Waals surface area contributed by atoms with E-state index in [1.807, 2.05) is 24.3 Å². The number of nitrogens with one attached hydrogen (secondary N) is 1. The number of nitro benzene ring substituents is 1. The zero-order valence-electron chi connectivity index (χ0n) is 18.9. The minimum atomic E-state index is -0.773. The highest BCUT2D eigenvalue weighted by atomic mass is 32.2. The molecular weight excluding hydrogens is 442 g/mol. The molecule has 1 saturated heterocycles. The molecule has 0 radical (unpaired) electrons. The molecule has 0 saturated carbocycles. The first-order chi connectivity index (χ1) is 15.7. The molecule has 0 bridgehead atoms. The quantitative estimate of drug-likeness (QED) is 0.284. The van der Waals surface area contributed by atoms with E-state index in [9.17, 15) is 19.7 Å². The minimum Gasteiger partial charge on any atom is -0.467 e. The third-order valence-electron chi connectivity index (χ3n) is 5.50. The van der Waals surface area contributed by atoms with Gasteiger partial charge in [0.25, 0.3) is 11.6 Å². The lowest BCUT2D eigenvalue weighted by Gasteiger charge is -2.34. The van der Waals surface area contributed by atoms with Gasteiger partial charge in [0, 0.05) is 36.2 Å². The van der Waals surface area contributed by atoms with Crippen LogP contribution in [0.2, 0.25) is 0 Å². The molecule has 0 aromatic heterocycles. The molecule has 3 rings (SSSR count). The van der Waals surface area contributed by atoms with Gasteiger partial charge in [-0.05, 0) is 29.2 Å². The number of nitrogens with zero attached hydrogens (tertiary/aromatic N) is 2. The number of methoxy groups -OCH3 is 1. The lowest BCUT2D eigenvalue weighted by Crippen LogP contribution is -2.57. The van der Waals surface area contributed by atoms with Gasteiger partial charge in [0.05, 0.1) is 16.9 Å². The molecule has 8 nitrogen and oxygen atoms in total. The molecule has 1 aliphatic heterocycles. The molecule has 1 atom stereocenters. The van der Waals surface area contributed by atoms with Crippen molar-refractivity contribution in [3.8, 4) is 0 Å². The molecule has 1 fully saturated rings. The topological polar surface area (TPSA) is 102 Å². The van der Waals surface area contributed by atoms with Crippen LogP contribution in [0.25, 0.3) is 5.57 Å². The van der Waals surface area contributed by atoms with Crippen molar-refractivity contribution in [3.63, 3.8) is 0 Å². The Morgan fingerprint density at radius 2 is 1.97 bits per heavy atom. The number of carbonyl (C=O) groups is 2. The van der Waals surface area contributed by atoms with Crippen LogP contribution in [-0.2, 0) is 14.3 Å². The number of carbonyl (C=O) groups excluding carboxylic acids is 2. The standard InChI is InChI=1S/C24H27N3O5S/c1-15(2)18-7-5-6-8-21(18)33-22-10-9-17(13-19(22)27(30)31)16(3)23(28)26-12-11-25-14-20(26)24(29)32-4/h5-10,13,15,20,25H,3,11-12,14H2,1-2,4H3. The zero-order valence-corrected chi connectivity index (χ0v) is 19.7. The number of piperazine rings is 1. The monoisotopic (exact) mass is 469 g/mol. The summed E-state index contributed by atoms with van der Waals surface area (Å²) in [6.07, 6.45) is 0. The number of benzene rings is 2. The summed E-state index contributed by atoms with van der Waals surface area (Å²) in [5.74, 6) is -0.706. The van der Waals surface area contributed by atoms with Crippen LogP contribution in [0.5, 0.6) is 0 Å². The number of ether oxygens (including phenoxy) is 1. The highest BCUT2D eigenvalue weighted by molar-refractivity contribution is 7.99. The normalized spacial score (nSPS) is 15.9. The molecule has 1 amide bonds. The first kappa shape index (κ1) is 24.5. The molecule has 1 unspecified atom stereocenters. The van der Waals surface area contributed by atoms with E-state index in [1.54, 1.807) is 12.1 Å². The Balaban J connectivity index is 1.90. The highest BCUT2D eigenvalue weighted by Crippen LogP contribution is 2.39. The van der Waals surface area contributed by atoms with E-state index < -0.39 is 22.8 Å². The zero-order chi connectivity index (χ0) is 24.1. The number of esters is 1. The summed E-state index contributed by atoms with van der Waals surface area (Å²) in [6, 6.07) is 11.7. The van der Waals surface area contributed by atoms with E-state index in [-0.39, 0.29) is 23.7 Å². The maximum Gasteiger partial charge on any atom is 0.329 e. The summed E-state index contributed by atoms with van der Waals surface area (Å²) in [7, 11) is 1.27. The third-order valence-corrected chi connectivity index (χ3v) is 6.66. The molecule has 33 heavy (non-hydrogen) atoms. The van der Waals surface area contributed by atoms with Gasteiger partial charge in [0.2, 0.25) is 0 Å². The van der Waals surface area contributed by atoms with Gasteiger partial charge in [-0.2, -0.15) is 0 Å². The number of amides is 1. The third kappa shape index (κ3) is 5.43. The highest BCUT2D eigenvalue weighted by Gasteiger charge is 2.34. The van der Waals surface area contributed by atoms with E-state index in [0.717, 1.165) is 10.5 Å². The van der Waals surface area contributed by atoms with E-state index in [0.29, 0.717) is 23.5 Å². The van der Waals surface area contributed by atoms with Gasteiger partial charge >= 0.3 is 5.97 Å². The Morgan fingerprint density at radius 1 is 1.24 bits per heavy atom. The predicted molar refractivity (Wildman–Crippen MR) is 127 cm³/mol. The number of hydrogen-bond donors (Lipinski definition) is 1. The maximum absolute atomic E-state index is 13.1. The second-order valence-corrected chi connectivity index (χ2v) is 9.04. The molecule has 1 aliphatic rings. The van der Waals surface area contributed by atoms with Crippen molar-refractivity contribution in [2.24, 2.45) is 0 Å². The van der Waals surface area contributed by atoms with Crippen molar-refractivity contribution in [1.82, 2.24) is 10.2 Å². The van der Waals surface area contributed by atoms with Crippen molar-refractivity contribution < 1.29 is 19.2 Å². The van der Waals surface area contributed by atoms with Crippen LogP contribution in [0.4, 0.5) is 5.69 Å². The molecule has 2 aromatic rings. The molecule has 9 heteroatoms. The van der Waals surface area contributed by atoms with Crippen LogP contribution in [0.1, 0.15) is 30.9 Å².